The molecule has 0 amide bonds. The fourth-order valence-corrected chi connectivity index (χ4v) is 4.33. The predicted octanol–water partition coefficient (Wildman–Crippen LogP) is 4.50. The average molecular weight is 464 g/mol. The van der Waals surface area contributed by atoms with E-state index in [1.54, 1.807) is 14.2 Å². The first-order chi connectivity index (χ1) is 14.0. The van der Waals surface area contributed by atoms with E-state index in [-0.39, 0.29) is 6.04 Å². The molecular formula is C22H26BrNO5. The first kappa shape index (κ1) is 21.5. The lowest BCUT2D eigenvalue weighted by Gasteiger charge is -2.33. The van der Waals surface area contributed by atoms with Crippen LogP contribution in [0.3, 0.4) is 0 Å². The van der Waals surface area contributed by atoms with Crippen molar-refractivity contribution < 1.29 is 24.1 Å². The van der Waals surface area contributed by atoms with Gasteiger partial charge in [0.2, 0.25) is 0 Å². The molecule has 2 aromatic rings. The maximum Gasteiger partial charge on any atom is 0.320 e. The third-order valence-electron chi connectivity index (χ3n) is 5.20. The lowest BCUT2D eigenvalue weighted by atomic mass is 9.95. The number of rotatable bonds is 8. The zero-order chi connectivity index (χ0) is 21.0. The van der Waals surface area contributed by atoms with E-state index < -0.39 is 12.0 Å². The summed E-state index contributed by atoms with van der Waals surface area (Å²) in [5.41, 5.74) is 1.84. The number of nitrogens with zero attached hydrogens (tertiary/aromatic N) is 1. The number of likely N-dealkylation sites (tertiary alicyclic amines) is 1. The molecule has 3 rings (SSSR count). The highest BCUT2D eigenvalue weighted by molar-refractivity contribution is 9.10. The van der Waals surface area contributed by atoms with Gasteiger partial charge >= 0.3 is 5.97 Å². The SMILES string of the molecule is CCOc1ccc(Br)cc1C(c1ccc(OC)c(OC)c1)N1CCCC1C(=O)O. The van der Waals surface area contributed by atoms with Crippen LogP contribution >= 0.6 is 15.9 Å². The lowest BCUT2D eigenvalue weighted by Crippen LogP contribution is -2.39. The van der Waals surface area contributed by atoms with E-state index >= 15 is 0 Å². The standard InChI is InChI=1S/C22H26BrNO5/c1-4-29-18-10-8-15(23)13-16(18)21(24-11-5-6-17(24)22(25)26)14-7-9-19(27-2)20(12-14)28-3/h7-10,12-13,17,21H,4-6,11H2,1-3H3,(H,25,26). The number of carboxylic acids is 1. The molecule has 1 heterocycles. The second-order valence-electron chi connectivity index (χ2n) is 6.87. The summed E-state index contributed by atoms with van der Waals surface area (Å²) in [7, 11) is 3.19. The topological polar surface area (TPSA) is 68.2 Å². The van der Waals surface area contributed by atoms with Crippen molar-refractivity contribution in [2.45, 2.75) is 31.8 Å². The summed E-state index contributed by atoms with van der Waals surface area (Å²) < 4.78 is 17.7. The van der Waals surface area contributed by atoms with Crippen LogP contribution in [0.25, 0.3) is 0 Å². The number of hydrogen-bond donors (Lipinski definition) is 1. The van der Waals surface area contributed by atoms with Crippen LogP contribution in [-0.4, -0.2) is 49.4 Å². The molecule has 0 saturated carbocycles. The van der Waals surface area contributed by atoms with E-state index in [9.17, 15) is 9.90 Å². The molecule has 0 aromatic heterocycles. The molecule has 156 valence electrons. The Morgan fingerprint density at radius 2 is 1.90 bits per heavy atom. The van der Waals surface area contributed by atoms with Crippen molar-refractivity contribution in [2.75, 3.05) is 27.4 Å². The fourth-order valence-electron chi connectivity index (χ4n) is 3.96. The summed E-state index contributed by atoms with van der Waals surface area (Å²) >= 11 is 3.56. The molecular weight excluding hydrogens is 438 g/mol. The number of aliphatic carboxylic acids is 1. The van der Waals surface area contributed by atoms with E-state index in [1.165, 1.54) is 0 Å². The Hall–Kier alpha value is -2.25. The summed E-state index contributed by atoms with van der Waals surface area (Å²) in [5, 5.41) is 9.81. The molecule has 29 heavy (non-hydrogen) atoms. The maximum absolute atomic E-state index is 12.0. The van der Waals surface area contributed by atoms with Crippen molar-refractivity contribution in [3.05, 3.63) is 52.0 Å². The van der Waals surface area contributed by atoms with E-state index in [4.69, 9.17) is 14.2 Å². The van der Waals surface area contributed by atoms with Crippen LogP contribution in [0.1, 0.15) is 36.9 Å². The van der Waals surface area contributed by atoms with E-state index in [0.29, 0.717) is 31.1 Å². The highest BCUT2D eigenvalue weighted by Crippen LogP contribution is 2.42. The first-order valence-corrected chi connectivity index (χ1v) is 10.4. The van der Waals surface area contributed by atoms with Gasteiger partial charge in [0.1, 0.15) is 11.8 Å². The van der Waals surface area contributed by atoms with Crippen LogP contribution in [0, 0.1) is 0 Å². The Bertz CT molecular complexity index is 872. The smallest absolute Gasteiger partial charge is 0.320 e. The second kappa shape index (κ2) is 9.50. The van der Waals surface area contributed by atoms with Gasteiger partial charge in [-0.15, -0.1) is 0 Å². The van der Waals surface area contributed by atoms with Crippen molar-refractivity contribution in [3.63, 3.8) is 0 Å². The maximum atomic E-state index is 12.0. The highest BCUT2D eigenvalue weighted by atomic mass is 79.9. The fraction of sp³-hybridized carbons (Fsp3) is 0.409. The van der Waals surface area contributed by atoms with Gasteiger partial charge in [-0.1, -0.05) is 22.0 Å². The van der Waals surface area contributed by atoms with E-state index in [0.717, 1.165) is 27.8 Å². The number of ether oxygens (including phenoxy) is 3. The van der Waals surface area contributed by atoms with Crippen LogP contribution < -0.4 is 14.2 Å². The van der Waals surface area contributed by atoms with Crippen LogP contribution in [-0.2, 0) is 4.79 Å². The Labute approximate surface area is 179 Å². The lowest BCUT2D eigenvalue weighted by molar-refractivity contribution is -0.142. The largest absolute Gasteiger partial charge is 0.494 e. The van der Waals surface area contributed by atoms with Gasteiger partial charge < -0.3 is 19.3 Å². The third-order valence-corrected chi connectivity index (χ3v) is 5.69. The predicted molar refractivity (Wildman–Crippen MR) is 114 cm³/mol. The van der Waals surface area contributed by atoms with Crippen molar-refractivity contribution in [1.29, 1.82) is 0 Å². The van der Waals surface area contributed by atoms with Crippen LogP contribution in [0.5, 0.6) is 17.2 Å². The quantitative estimate of drug-likeness (QED) is 0.621. The molecule has 0 radical (unpaired) electrons. The van der Waals surface area contributed by atoms with Gasteiger partial charge in [-0.05, 0) is 55.7 Å². The minimum atomic E-state index is -0.805. The molecule has 1 N–H and O–H groups in total. The molecule has 2 atom stereocenters. The first-order valence-electron chi connectivity index (χ1n) is 9.62. The number of hydrogen-bond acceptors (Lipinski definition) is 5. The number of benzene rings is 2. The third kappa shape index (κ3) is 4.51. The molecule has 1 aliphatic rings. The summed E-state index contributed by atoms with van der Waals surface area (Å²) in [5.74, 6) is 1.17. The van der Waals surface area contributed by atoms with Gasteiger partial charge in [0.25, 0.3) is 0 Å². The number of methoxy groups -OCH3 is 2. The molecule has 6 nitrogen and oxygen atoms in total. The molecule has 1 fully saturated rings. The van der Waals surface area contributed by atoms with Crippen molar-refractivity contribution in [1.82, 2.24) is 4.90 Å². The van der Waals surface area contributed by atoms with Gasteiger partial charge in [-0.25, -0.2) is 0 Å². The average Bonchev–Trinajstić information content (AvgIpc) is 3.20. The van der Waals surface area contributed by atoms with E-state index in [2.05, 4.69) is 15.9 Å². The second-order valence-corrected chi connectivity index (χ2v) is 7.78. The van der Waals surface area contributed by atoms with Crippen LogP contribution in [0.4, 0.5) is 0 Å². The molecule has 7 heteroatoms. The minimum absolute atomic E-state index is 0.294. The monoisotopic (exact) mass is 463 g/mol. The summed E-state index contributed by atoms with van der Waals surface area (Å²) in [6.45, 7) is 3.15. The highest BCUT2D eigenvalue weighted by Gasteiger charge is 2.38. The van der Waals surface area contributed by atoms with Gasteiger partial charge in [-0.3, -0.25) is 9.69 Å². The molecule has 2 unspecified atom stereocenters. The van der Waals surface area contributed by atoms with Crippen LogP contribution in [0.15, 0.2) is 40.9 Å². The Morgan fingerprint density at radius 1 is 1.17 bits per heavy atom. The normalized spacial score (nSPS) is 17.7. The Morgan fingerprint density at radius 3 is 2.55 bits per heavy atom. The van der Waals surface area contributed by atoms with Gasteiger partial charge in [0.15, 0.2) is 11.5 Å². The van der Waals surface area contributed by atoms with Crippen molar-refractivity contribution in [2.24, 2.45) is 0 Å². The molecule has 0 bridgehead atoms. The molecule has 1 saturated heterocycles. The zero-order valence-corrected chi connectivity index (χ0v) is 18.4. The Balaban J connectivity index is 2.18. The van der Waals surface area contributed by atoms with E-state index in [1.807, 2.05) is 48.2 Å². The zero-order valence-electron chi connectivity index (χ0n) is 16.9. The van der Waals surface area contributed by atoms with Gasteiger partial charge in [-0.2, -0.15) is 0 Å². The minimum Gasteiger partial charge on any atom is -0.494 e. The number of carbonyl (C=O) groups is 1. The van der Waals surface area contributed by atoms with Crippen LogP contribution in [0.2, 0.25) is 0 Å². The molecule has 2 aromatic carbocycles. The van der Waals surface area contributed by atoms with Crippen molar-refractivity contribution >= 4 is 21.9 Å². The van der Waals surface area contributed by atoms with Crippen molar-refractivity contribution in [3.8, 4) is 17.2 Å². The molecule has 0 aliphatic carbocycles. The summed E-state index contributed by atoms with van der Waals surface area (Å²) in [4.78, 5) is 14.0. The van der Waals surface area contributed by atoms with Gasteiger partial charge in [0.05, 0.1) is 26.9 Å². The summed E-state index contributed by atoms with van der Waals surface area (Å²) in [6, 6.07) is 10.7. The summed E-state index contributed by atoms with van der Waals surface area (Å²) in [6.07, 6.45) is 1.45. The Kier molecular flexibility index (Phi) is 7.03. The number of carboxylic acid groups (broad SMARTS) is 1. The molecule has 1 aliphatic heterocycles. The van der Waals surface area contributed by atoms with Gasteiger partial charge in [0, 0.05) is 16.6 Å². The number of halogens is 1. The molecule has 0 spiro atoms.